The molecule has 2 aromatic rings. The van der Waals surface area contributed by atoms with E-state index < -0.39 is 6.30 Å². The van der Waals surface area contributed by atoms with E-state index in [4.69, 9.17) is 5.11 Å². The summed E-state index contributed by atoms with van der Waals surface area (Å²) in [5, 5.41) is 9.41. The van der Waals surface area contributed by atoms with Crippen LogP contribution >= 0.6 is 15.9 Å². The molecule has 0 aliphatic carbocycles. The number of fused-ring (bicyclic) bond motifs is 1. The Hall–Kier alpha value is -1.01. The Labute approximate surface area is 97.4 Å². The maximum Gasteiger partial charge on any atom is 0.488 e. The summed E-state index contributed by atoms with van der Waals surface area (Å²) in [5.41, 5.74) is 0.467. The molecule has 0 aliphatic heterocycles. The van der Waals surface area contributed by atoms with E-state index in [1.54, 1.807) is 6.07 Å². The summed E-state index contributed by atoms with van der Waals surface area (Å²) in [6.07, 6.45) is -3.48. The first-order valence-corrected chi connectivity index (χ1v) is 5.20. The Morgan fingerprint density at radius 3 is 2.56 bits per heavy atom. The van der Waals surface area contributed by atoms with Crippen LogP contribution in [0.3, 0.4) is 0 Å². The molecule has 86 valence electrons. The molecule has 2 nitrogen and oxygen atoms in total. The number of aliphatic hydroxyl groups excluding tert-OH is 1. The molecule has 1 heterocycles. The third-order valence-corrected chi connectivity index (χ3v) is 2.93. The highest BCUT2D eigenvalue weighted by Crippen LogP contribution is 2.32. The van der Waals surface area contributed by atoms with Crippen molar-refractivity contribution in [3.63, 3.8) is 0 Å². The highest BCUT2D eigenvalue weighted by atomic mass is 79.9. The van der Waals surface area contributed by atoms with Crippen molar-refractivity contribution < 1.29 is 18.3 Å². The number of aliphatic hydroxyl groups is 1. The molecule has 0 atom stereocenters. The molecule has 0 spiro atoms. The van der Waals surface area contributed by atoms with Gasteiger partial charge < -0.3 is 5.11 Å². The molecule has 0 unspecified atom stereocenters. The maximum absolute atomic E-state index is 12.6. The standard InChI is InChI=1S/C10H7BrF3NO/c11-8-3-6(5-16)4-9-7(8)1-2-15(9)10(12,13)14/h1-4,16H,5H2. The first-order chi connectivity index (χ1) is 7.43. The summed E-state index contributed by atoms with van der Waals surface area (Å²) >= 11 is 3.18. The fourth-order valence-corrected chi connectivity index (χ4v) is 2.19. The van der Waals surface area contributed by atoms with Crippen LogP contribution in [0.25, 0.3) is 10.9 Å². The molecule has 1 N–H and O–H groups in total. The molecule has 1 aromatic carbocycles. The lowest BCUT2D eigenvalue weighted by molar-refractivity contribution is -0.200. The highest BCUT2D eigenvalue weighted by Gasteiger charge is 2.31. The van der Waals surface area contributed by atoms with E-state index in [2.05, 4.69) is 15.9 Å². The highest BCUT2D eigenvalue weighted by molar-refractivity contribution is 9.10. The Morgan fingerprint density at radius 1 is 1.31 bits per heavy atom. The second-order valence-electron chi connectivity index (χ2n) is 3.32. The molecule has 1 aromatic heterocycles. The SMILES string of the molecule is OCc1cc(Br)c2ccn(C(F)(F)F)c2c1. The van der Waals surface area contributed by atoms with Crippen LogP contribution in [-0.2, 0) is 12.9 Å². The second-order valence-corrected chi connectivity index (χ2v) is 4.18. The number of hydrogen-bond acceptors (Lipinski definition) is 1. The van der Waals surface area contributed by atoms with Crippen LogP contribution in [0.15, 0.2) is 28.9 Å². The van der Waals surface area contributed by atoms with Gasteiger partial charge in [-0.25, -0.2) is 0 Å². The van der Waals surface area contributed by atoms with E-state index in [-0.39, 0.29) is 16.7 Å². The fraction of sp³-hybridized carbons (Fsp3) is 0.200. The molecule has 0 amide bonds. The van der Waals surface area contributed by atoms with Crippen molar-refractivity contribution in [1.29, 1.82) is 0 Å². The lowest BCUT2D eigenvalue weighted by Crippen LogP contribution is -2.15. The summed E-state index contributed by atoms with van der Waals surface area (Å²) in [6.45, 7) is -0.294. The number of halogens is 4. The van der Waals surface area contributed by atoms with Crippen molar-refractivity contribution >= 4 is 26.8 Å². The van der Waals surface area contributed by atoms with Crippen molar-refractivity contribution in [1.82, 2.24) is 4.57 Å². The van der Waals surface area contributed by atoms with Gasteiger partial charge in [-0.2, -0.15) is 0 Å². The molecule has 0 radical (unpaired) electrons. The Kier molecular flexibility index (Phi) is 2.71. The molecule has 0 saturated carbocycles. The smallest absolute Gasteiger partial charge is 0.392 e. The number of hydrogen-bond donors (Lipinski definition) is 1. The molecule has 0 aliphatic rings. The van der Waals surface area contributed by atoms with Gasteiger partial charge in [-0.05, 0) is 23.8 Å². The predicted octanol–water partition coefficient (Wildman–Crippen LogP) is 3.37. The van der Waals surface area contributed by atoms with Gasteiger partial charge >= 0.3 is 6.30 Å². The van der Waals surface area contributed by atoms with Crippen LogP contribution in [0.4, 0.5) is 13.2 Å². The minimum Gasteiger partial charge on any atom is -0.392 e. The van der Waals surface area contributed by atoms with Gasteiger partial charge in [-0.15, -0.1) is 13.2 Å². The summed E-state index contributed by atoms with van der Waals surface area (Å²) in [4.78, 5) is 0. The molecule has 16 heavy (non-hydrogen) atoms. The first-order valence-electron chi connectivity index (χ1n) is 4.41. The third kappa shape index (κ3) is 1.82. The average molecular weight is 294 g/mol. The lowest BCUT2D eigenvalue weighted by atomic mass is 10.2. The van der Waals surface area contributed by atoms with Gasteiger partial charge in [0.1, 0.15) is 0 Å². The largest absolute Gasteiger partial charge is 0.488 e. The summed E-state index contributed by atoms with van der Waals surface area (Å²) in [6, 6.07) is 4.31. The molecular weight excluding hydrogens is 287 g/mol. The monoisotopic (exact) mass is 293 g/mol. The van der Waals surface area contributed by atoms with Crippen molar-refractivity contribution in [3.05, 3.63) is 34.4 Å². The van der Waals surface area contributed by atoms with Gasteiger partial charge in [0.25, 0.3) is 0 Å². The van der Waals surface area contributed by atoms with Gasteiger partial charge in [0.05, 0.1) is 12.1 Å². The van der Waals surface area contributed by atoms with Crippen molar-refractivity contribution in [2.45, 2.75) is 12.9 Å². The van der Waals surface area contributed by atoms with Crippen LogP contribution in [0.2, 0.25) is 0 Å². The zero-order valence-corrected chi connectivity index (χ0v) is 9.51. The second kappa shape index (κ2) is 3.78. The summed E-state index contributed by atoms with van der Waals surface area (Å²) in [7, 11) is 0. The van der Waals surface area contributed by atoms with Crippen LogP contribution < -0.4 is 0 Å². The van der Waals surface area contributed by atoms with Crippen molar-refractivity contribution in [3.8, 4) is 0 Å². The first kappa shape index (κ1) is 11.5. The minimum absolute atomic E-state index is 0.0333. The van der Waals surface area contributed by atoms with E-state index in [9.17, 15) is 13.2 Å². The van der Waals surface area contributed by atoms with E-state index in [1.165, 1.54) is 12.1 Å². The van der Waals surface area contributed by atoms with Gasteiger partial charge in [0.2, 0.25) is 0 Å². The predicted molar refractivity (Wildman–Crippen MR) is 56.9 cm³/mol. The average Bonchev–Trinajstić information content (AvgIpc) is 2.60. The number of alkyl halides is 3. The molecule has 0 bridgehead atoms. The normalized spacial score (nSPS) is 12.3. The van der Waals surface area contributed by atoms with E-state index in [0.717, 1.165) is 6.20 Å². The zero-order chi connectivity index (χ0) is 11.9. The van der Waals surface area contributed by atoms with Crippen molar-refractivity contribution in [2.75, 3.05) is 0 Å². The van der Waals surface area contributed by atoms with Gasteiger partial charge in [0.15, 0.2) is 0 Å². The number of rotatable bonds is 1. The number of benzene rings is 1. The molecular formula is C10H7BrF3NO. The van der Waals surface area contributed by atoms with Gasteiger partial charge in [0, 0.05) is 16.1 Å². The van der Waals surface area contributed by atoms with Crippen LogP contribution in [0.1, 0.15) is 5.56 Å². The zero-order valence-electron chi connectivity index (χ0n) is 7.92. The maximum atomic E-state index is 12.6. The van der Waals surface area contributed by atoms with Crippen LogP contribution in [0.5, 0.6) is 0 Å². The fourth-order valence-electron chi connectivity index (χ4n) is 1.56. The van der Waals surface area contributed by atoms with Gasteiger partial charge in [-0.1, -0.05) is 15.9 Å². The van der Waals surface area contributed by atoms with Gasteiger partial charge in [-0.3, -0.25) is 4.57 Å². The molecule has 6 heteroatoms. The minimum atomic E-state index is -4.45. The quantitative estimate of drug-likeness (QED) is 0.857. The number of aromatic nitrogens is 1. The van der Waals surface area contributed by atoms with Crippen LogP contribution in [-0.4, -0.2) is 9.67 Å². The van der Waals surface area contributed by atoms with Crippen LogP contribution in [0, 0.1) is 0 Å². The Bertz CT molecular complexity index is 533. The number of nitrogens with zero attached hydrogens (tertiary/aromatic N) is 1. The van der Waals surface area contributed by atoms with E-state index >= 15 is 0 Å². The third-order valence-electron chi connectivity index (χ3n) is 2.27. The molecule has 0 fully saturated rings. The van der Waals surface area contributed by atoms with E-state index in [0.29, 0.717) is 15.4 Å². The molecule has 2 rings (SSSR count). The topological polar surface area (TPSA) is 25.2 Å². The summed E-state index contributed by atoms with van der Waals surface area (Å²) in [5.74, 6) is 0. The lowest BCUT2D eigenvalue weighted by Gasteiger charge is -2.10. The van der Waals surface area contributed by atoms with E-state index in [1.807, 2.05) is 0 Å². The van der Waals surface area contributed by atoms with Crippen molar-refractivity contribution in [2.24, 2.45) is 0 Å². The summed E-state index contributed by atoms with van der Waals surface area (Å²) < 4.78 is 38.6. The Morgan fingerprint density at radius 2 is 2.00 bits per heavy atom. The Balaban J connectivity index is 2.75. The molecule has 0 saturated heterocycles.